The quantitative estimate of drug-likeness (QED) is 0.329. The molecule has 1 fully saturated rings. The molecular weight excluding hydrogens is 499 g/mol. The van der Waals surface area contributed by atoms with E-state index in [0.29, 0.717) is 75.2 Å². The van der Waals surface area contributed by atoms with E-state index in [1.807, 2.05) is 18.2 Å². The topological polar surface area (TPSA) is 94.9 Å². The van der Waals surface area contributed by atoms with Gasteiger partial charge in [-0.3, -0.25) is 9.78 Å². The van der Waals surface area contributed by atoms with Gasteiger partial charge in [0, 0.05) is 36.8 Å². The molecule has 0 unspecified atom stereocenters. The van der Waals surface area contributed by atoms with E-state index in [1.165, 1.54) is 0 Å². The summed E-state index contributed by atoms with van der Waals surface area (Å²) in [5.74, 6) is -3.10. The van der Waals surface area contributed by atoms with Crippen molar-refractivity contribution >= 4 is 22.6 Å². The van der Waals surface area contributed by atoms with Crippen LogP contribution in [0, 0.1) is 22.9 Å². The summed E-state index contributed by atoms with van der Waals surface area (Å²) in [4.78, 5) is 18.8. The molecule has 204 valence electrons. The number of methoxy groups -OCH3 is 1. The number of aromatic nitrogens is 1. The lowest BCUT2D eigenvalue weighted by Gasteiger charge is -2.39. The molecule has 0 radical (unpaired) electrons. The Hall–Kier alpha value is -3.37. The molecule has 1 saturated heterocycles. The van der Waals surface area contributed by atoms with Crippen LogP contribution in [0.4, 0.5) is 18.9 Å². The maximum Gasteiger partial charge on any atom is 0.309 e. The van der Waals surface area contributed by atoms with Crippen molar-refractivity contribution in [3.05, 3.63) is 65.1 Å². The Balaban J connectivity index is 1.35. The molecule has 0 spiro atoms. The molecule has 1 aliphatic heterocycles. The first-order valence-corrected chi connectivity index (χ1v) is 12.7. The number of aryl methyl sites for hydroxylation is 1. The molecule has 0 saturated carbocycles. The maximum atomic E-state index is 13.8. The zero-order valence-corrected chi connectivity index (χ0v) is 21.3. The SMILES string of the molecule is COc1ccc2ncc(CO)c(CCCC3(C(=O)O)CCN(CCNc4c(F)cc(F)cc4F)CC3)c2c1. The van der Waals surface area contributed by atoms with Crippen LogP contribution in [-0.4, -0.2) is 59.4 Å². The molecule has 4 rings (SSSR count). The van der Waals surface area contributed by atoms with Crippen molar-refractivity contribution in [3.8, 4) is 5.75 Å². The molecule has 0 bridgehead atoms. The van der Waals surface area contributed by atoms with Crippen LogP contribution in [0.3, 0.4) is 0 Å². The number of rotatable bonds is 11. The van der Waals surface area contributed by atoms with Crippen LogP contribution in [0.5, 0.6) is 5.75 Å². The number of carbonyl (C=O) groups is 1. The van der Waals surface area contributed by atoms with Gasteiger partial charge in [0.2, 0.25) is 0 Å². The number of likely N-dealkylation sites (tertiary alicyclic amines) is 1. The van der Waals surface area contributed by atoms with Gasteiger partial charge in [0.05, 0.1) is 24.6 Å². The van der Waals surface area contributed by atoms with Crippen molar-refractivity contribution in [1.82, 2.24) is 9.88 Å². The number of aliphatic hydroxyl groups excluding tert-OH is 1. The number of nitrogens with zero attached hydrogens (tertiary/aromatic N) is 2. The highest BCUT2D eigenvalue weighted by Gasteiger charge is 2.40. The van der Waals surface area contributed by atoms with Crippen LogP contribution >= 0.6 is 0 Å². The maximum absolute atomic E-state index is 13.8. The molecule has 38 heavy (non-hydrogen) atoms. The van der Waals surface area contributed by atoms with Gasteiger partial charge in [0.1, 0.15) is 17.3 Å². The first-order valence-electron chi connectivity index (χ1n) is 12.7. The third-order valence-corrected chi connectivity index (χ3v) is 7.53. The van der Waals surface area contributed by atoms with E-state index in [4.69, 9.17) is 4.74 Å². The molecule has 1 aliphatic rings. The summed E-state index contributed by atoms with van der Waals surface area (Å²) in [7, 11) is 1.59. The van der Waals surface area contributed by atoms with E-state index in [1.54, 1.807) is 13.3 Å². The Labute approximate surface area is 219 Å². The minimum Gasteiger partial charge on any atom is -0.497 e. The molecular formula is C28H32F3N3O4. The smallest absolute Gasteiger partial charge is 0.309 e. The number of ether oxygens (including phenoxy) is 1. The fourth-order valence-corrected chi connectivity index (χ4v) is 5.26. The number of nitrogens with one attached hydrogen (secondary N) is 1. The summed E-state index contributed by atoms with van der Waals surface area (Å²) >= 11 is 0. The molecule has 3 aromatic rings. The number of fused-ring (bicyclic) bond motifs is 1. The van der Waals surface area contributed by atoms with Crippen LogP contribution in [0.25, 0.3) is 10.9 Å². The molecule has 0 amide bonds. The van der Waals surface area contributed by atoms with Crippen LogP contribution < -0.4 is 10.1 Å². The van der Waals surface area contributed by atoms with Crippen LogP contribution in [0.15, 0.2) is 36.5 Å². The van der Waals surface area contributed by atoms with E-state index >= 15 is 0 Å². The third kappa shape index (κ3) is 6.02. The Kier molecular flexibility index (Phi) is 8.73. The number of pyridine rings is 1. The van der Waals surface area contributed by atoms with Crippen molar-refractivity contribution in [3.63, 3.8) is 0 Å². The van der Waals surface area contributed by atoms with Gasteiger partial charge in [-0.15, -0.1) is 0 Å². The zero-order valence-electron chi connectivity index (χ0n) is 21.3. The monoisotopic (exact) mass is 531 g/mol. The molecule has 0 aliphatic carbocycles. The van der Waals surface area contributed by atoms with Crippen LogP contribution in [0.2, 0.25) is 0 Å². The van der Waals surface area contributed by atoms with E-state index in [9.17, 15) is 28.2 Å². The molecule has 0 atom stereocenters. The van der Waals surface area contributed by atoms with Gasteiger partial charge in [-0.25, -0.2) is 13.2 Å². The second kappa shape index (κ2) is 12.0. The number of hydrogen-bond acceptors (Lipinski definition) is 6. The first kappa shape index (κ1) is 27.7. The Morgan fingerprint density at radius 3 is 2.50 bits per heavy atom. The summed E-state index contributed by atoms with van der Waals surface area (Å²) in [6.07, 6.45) is 4.28. The summed E-state index contributed by atoms with van der Waals surface area (Å²) < 4.78 is 46.1. The minimum atomic E-state index is -0.990. The number of piperidine rings is 1. The molecule has 10 heteroatoms. The van der Waals surface area contributed by atoms with Gasteiger partial charge >= 0.3 is 5.97 Å². The highest BCUT2D eigenvalue weighted by Crippen LogP contribution is 2.38. The predicted octanol–water partition coefficient (Wildman–Crippen LogP) is 4.75. The molecule has 1 aromatic heterocycles. The van der Waals surface area contributed by atoms with Gasteiger partial charge in [0.15, 0.2) is 11.6 Å². The van der Waals surface area contributed by atoms with Crippen molar-refractivity contribution in [2.45, 2.75) is 38.7 Å². The molecule has 3 N–H and O–H groups in total. The summed E-state index contributed by atoms with van der Waals surface area (Å²) in [6, 6.07) is 6.83. The van der Waals surface area contributed by atoms with Crippen LogP contribution in [-0.2, 0) is 17.8 Å². The zero-order chi connectivity index (χ0) is 27.3. The second-order valence-electron chi connectivity index (χ2n) is 9.76. The summed E-state index contributed by atoms with van der Waals surface area (Å²) in [5.41, 5.74) is 1.21. The number of aliphatic hydroxyl groups is 1. The van der Waals surface area contributed by atoms with Gasteiger partial charge < -0.3 is 25.2 Å². The standard InChI is InChI=1S/C28H32F3N3O4/c1-38-20-4-5-25-22(15-20)21(18(17-35)16-33-25)3-2-6-28(27(36)37)7-10-34(11-8-28)12-9-32-26-23(30)13-19(29)14-24(26)31/h4-5,13-16,32,35H,2-3,6-12,17H2,1H3,(H,36,37). The average molecular weight is 532 g/mol. The number of halogens is 3. The lowest BCUT2D eigenvalue weighted by atomic mass is 9.74. The van der Waals surface area contributed by atoms with Crippen molar-refractivity contribution in [2.24, 2.45) is 5.41 Å². The number of hydrogen-bond donors (Lipinski definition) is 3. The van der Waals surface area contributed by atoms with Crippen molar-refractivity contribution < 1.29 is 32.9 Å². The predicted molar refractivity (Wildman–Crippen MR) is 138 cm³/mol. The lowest BCUT2D eigenvalue weighted by Crippen LogP contribution is -2.45. The van der Waals surface area contributed by atoms with E-state index < -0.39 is 28.8 Å². The second-order valence-corrected chi connectivity index (χ2v) is 9.76. The van der Waals surface area contributed by atoms with Gasteiger partial charge in [-0.05, 0) is 74.5 Å². The van der Waals surface area contributed by atoms with Gasteiger partial charge in [-0.1, -0.05) is 0 Å². The summed E-state index contributed by atoms with van der Waals surface area (Å²) in [6.45, 7) is 1.63. The number of aliphatic carboxylic acids is 1. The van der Waals surface area contributed by atoms with Crippen molar-refractivity contribution in [1.29, 1.82) is 0 Å². The first-order chi connectivity index (χ1) is 18.3. The lowest BCUT2D eigenvalue weighted by molar-refractivity contribution is -0.152. The average Bonchev–Trinajstić information content (AvgIpc) is 2.90. The van der Waals surface area contributed by atoms with E-state index in [0.717, 1.165) is 16.5 Å². The number of benzene rings is 2. The third-order valence-electron chi connectivity index (χ3n) is 7.53. The highest BCUT2D eigenvalue weighted by molar-refractivity contribution is 5.84. The van der Waals surface area contributed by atoms with Crippen LogP contribution in [0.1, 0.15) is 36.8 Å². The fraction of sp³-hybridized carbons (Fsp3) is 0.429. The van der Waals surface area contributed by atoms with E-state index in [-0.39, 0.29) is 18.8 Å². The van der Waals surface area contributed by atoms with Gasteiger partial charge in [0.25, 0.3) is 0 Å². The Bertz CT molecular complexity index is 1270. The minimum absolute atomic E-state index is 0.158. The Morgan fingerprint density at radius 1 is 1.16 bits per heavy atom. The van der Waals surface area contributed by atoms with E-state index in [2.05, 4.69) is 15.2 Å². The number of carboxylic acid groups (broad SMARTS) is 1. The highest BCUT2D eigenvalue weighted by atomic mass is 19.1. The van der Waals surface area contributed by atoms with Crippen molar-refractivity contribution in [2.75, 3.05) is 38.6 Å². The largest absolute Gasteiger partial charge is 0.497 e. The normalized spacial score (nSPS) is 15.5. The molecule has 2 heterocycles. The fourth-order valence-electron chi connectivity index (χ4n) is 5.26. The summed E-state index contributed by atoms with van der Waals surface area (Å²) in [5, 5.41) is 23.5. The molecule has 7 nitrogen and oxygen atoms in total. The molecule has 2 aromatic carbocycles. The Morgan fingerprint density at radius 2 is 1.87 bits per heavy atom. The number of carboxylic acids is 1. The van der Waals surface area contributed by atoms with Gasteiger partial charge in [-0.2, -0.15) is 0 Å². The number of anilines is 1.